The van der Waals surface area contributed by atoms with E-state index < -0.39 is 64.5 Å². The number of hydrazine groups is 1. The monoisotopic (exact) mass is 565 g/mol. The Hall–Kier alpha value is -2.44. The number of benzene rings is 2. The van der Waals surface area contributed by atoms with Crippen molar-refractivity contribution in [3.05, 3.63) is 62.3 Å². The van der Waals surface area contributed by atoms with Gasteiger partial charge in [0.05, 0.1) is 32.9 Å². The second-order valence-corrected chi connectivity index (χ2v) is 8.59. The minimum absolute atomic E-state index is 0.00331. The van der Waals surface area contributed by atoms with Gasteiger partial charge in [-0.2, -0.15) is 26.3 Å². The molecule has 0 aliphatic carbocycles. The highest BCUT2D eigenvalue weighted by Crippen LogP contribution is 2.50. The second kappa shape index (κ2) is 9.90. The van der Waals surface area contributed by atoms with Gasteiger partial charge in [-0.15, -0.1) is 0 Å². The summed E-state index contributed by atoms with van der Waals surface area (Å²) in [6, 6.07) is 5.27. The van der Waals surface area contributed by atoms with Gasteiger partial charge < -0.3 is 4.84 Å². The number of halogens is 10. The Morgan fingerprint density at radius 1 is 1.03 bits per heavy atom. The molecule has 2 N–H and O–H groups in total. The summed E-state index contributed by atoms with van der Waals surface area (Å²) in [5, 5.41) is 2.25. The molecule has 1 atom stereocenters. The zero-order chi connectivity index (χ0) is 26.2. The smallest absolute Gasteiger partial charge is 0.374 e. The number of nitrogens with one attached hydrogen (secondary N) is 2. The van der Waals surface area contributed by atoms with Gasteiger partial charge in [-0.3, -0.25) is 15.6 Å². The van der Waals surface area contributed by atoms with Gasteiger partial charge in [-0.05, 0) is 24.3 Å². The topological polar surface area (TPSA) is 62.7 Å². The standard InChI is InChI=1S/C20H13Cl3F7N3O2/c21-11-2-1-9(5-14(11)31-32-16(34)3-4-19(25,26)27)15-8-18(35-33-15,20(28,29)30)10-6-12(22)17(24)13(23)7-10/h1-2,5-7,31H,3-4,8H2,(H,32,34)/t18-/m1/s1. The Morgan fingerprint density at radius 2 is 1.66 bits per heavy atom. The summed E-state index contributed by atoms with van der Waals surface area (Å²) in [6.07, 6.45) is -12.6. The number of anilines is 1. The third kappa shape index (κ3) is 6.04. The fourth-order valence-electron chi connectivity index (χ4n) is 3.10. The van der Waals surface area contributed by atoms with Crippen LogP contribution in [-0.4, -0.2) is 24.0 Å². The maximum Gasteiger partial charge on any atom is 0.435 e. The number of alkyl halides is 6. The highest BCUT2D eigenvalue weighted by molar-refractivity contribution is 6.35. The summed E-state index contributed by atoms with van der Waals surface area (Å²) in [5.74, 6) is -2.09. The van der Waals surface area contributed by atoms with Gasteiger partial charge in [0.25, 0.3) is 5.60 Å². The van der Waals surface area contributed by atoms with Crippen LogP contribution in [0.3, 0.4) is 0 Å². The Balaban J connectivity index is 1.83. The Bertz CT molecular complexity index is 1150. The lowest BCUT2D eigenvalue weighted by atomic mass is 9.86. The third-order valence-electron chi connectivity index (χ3n) is 4.91. The van der Waals surface area contributed by atoms with Crippen molar-refractivity contribution < 1.29 is 40.4 Å². The van der Waals surface area contributed by atoms with Crippen LogP contribution in [0, 0.1) is 5.82 Å². The Kier molecular flexibility index (Phi) is 7.68. The van der Waals surface area contributed by atoms with Crippen molar-refractivity contribution in [2.45, 2.75) is 37.2 Å². The zero-order valence-electron chi connectivity index (χ0n) is 17.1. The van der Waals surface area contributed by atoms with Gasteiger partial charge in [0.2, 0.25) is 5.91 Å². The molecule has 0 bridgehead atoms. The maximum absolute atomic E-state index is 14.1. The first-order valence-electron chi connectivity index (χ1n) is 9.51. The molecule has 35 heavy (non-hydrogen) atoms. The molecule has 1 aliphatic rings. The molecule has 0 unspecified atom stereocenters. The molecule has 15 heteroatoms. The molecule has 1 amide bonds. The van der Waals surface area contributed by atoms with Gasteiger partial charge in [-0.25, -0.2) is 4.39 Å². The molecular formula is C20H13Cl3F7N3O2. The van der Waals surface area contributed by atoms with E-state index in [1.54, 1.807) is 0 Å². The number of nitrogens with zero attached hydrogens (tertiary/aromatic N) is 1. The predicted octanol–water partition coefficient (Wildman–Crippen LogP) is 7.15. The number of rotatable bonds is 6. The third-order valence-corrected chi connectivity index (χ3v) is 5.79. The first-order valence-corrected chi connectivity index (χ1v) is 10.6. The zero-order valence-corrected chi connectivity index (χ0v) is 19.3. The average Bonchev–Trinajstić information content (AvgIpc) is 3.21. The van der Waals surface area contributed by atoms with Crippen LogP contribution < -0.4 is 10.9 Å². The van der Waals surface area contributed by atoms with Crippen molar-refractivity contribution in [3.63, 3.8) is 0 Å². The fraction of sp³-hybridized carbons (Fsp3) is 0.300. The maximum atomic E-state index is 14.1. The van der Waals surface area contributed by atoms with Crippen LogP contribution in [-0.2, 0) is 15.2 Å². The minimum atomic E-state index is -5.03. The SMILES string of the molecule is O=C(CCC(F)(F)F)NNc1cc(C2=NO[C@](c3cc(Cl)c(F)c(Cl)c3)(C(F)(F)F)C2)ccc1Cl. The number of hydrogen-bond donors (Lipinski definition) is 2. The molecule has 1 aliphatic heterocycles. The van der Waals surface area contributed by atoms with Crippen LogP contribution in [0.25, 0.3) is 0 Å². The molecule has 3 rings (SSSR count). The lowest BCUT2D eigenvalue weighted by Crippen LogP contribution is -2.42. The highest BCUT2D eigenvalue weighted by Gasteiger charge is 2.62. The van der Waals surface area contributed by atoms with Crippen LogP contribution in [0.1, 0.15) is 30.4 Å². The molecule has 2 aromatic carbocycles. The van der Waals surface area contributed by atoms with E-state index in [9.17, 15) is 35.5 Å². The van der Waals surface area contributed by atoms with Crippen molar-refractivity contribution in [1.82, 2.24) is 5.43 Å². The van der Waals surface area contributed by atoms with E-state index in [1.165, 1.54) is 18.2 Å². The molecule has 0 radical (unpaired) electrons. The molecule has 1 heterocycles. The summed E-state index contributed by atoms with van der Waals surface area (Å²) in [6.45, 7) is 0. The first-order chi connectivity index (χ1) is 16.1. The Morgan fingerprint density at radius 3 is 2.23 bits per heavy atom. The van der Waals surface area contributed by atoms with E-state index >= 15 is 0 Å². The molecule has 0 aromatic heterocycles. The number of carbonyl (C=O) groups is 1. The van der Waals surface area contributed by atoms with Gasteiger partial charge in [0, 0.05) is 24.0 Å². The van der Waals surface area contributed by atoms with Crippen molar-refractivity contribution >= 4 is 52.1 Å². The second-order valence-electron chi connectivity index (χ2n) is 7.37. The summed E-state index contributed by atoms with van der Waals surface area (Å²) < 4.78 is 92.9. The van der Waals surface area contributed by atoms with Crippen LogP contribution >= 0.6 is 34.8 Å². The molecule has 0 spiro atoms. The van der Waals surface area contributed by atoms with Crippen LogP contribution in [0.15, 0.2) is 35.5 Å². The molecule has 190 valence electrons. The summed E-state index contributed by atoms with van der Waals surface area (Å²) in [5.41, 5.74) is 0.617. The van der Waals surface area contributed by atoms with E-state index in [-0.39, 0.29) is 22.0 Å². The largest absolute Gasteiger partial charge is 0.435 e. The number of hydrogen-bond acceptors (Lipinski definition) is 4. The van der Waals surface area contributed by atoms with Crippen molar-refractivity contribution in [1.29, 1.82) is 0 Å². The number of amides is 1. The van der Waals surface area contributed by atoms with E-state index in [1.807, 2.05) is 5.43 Å². The van der Waals surface area contributed by atoms with Crippen LogP contribution in [0.4, 0.5) is 36.4 Å². The molecule has 5 nitrogen and oxygen atoms in total. The Labute approximate surface area is 208 Å². The first kappa shape index (κ1) is 27.2. The van der Waals surface area contributed by atoms with E-state index in [0.29, 0.717) is 0 Å². The van der Waals surface area contributed by atoms with E-state index in [4.69, 9.17) is 39.6 Å². The van der Waals surface area contributed by atoms with E-state index in [0.717, 1.165) is 12.1 Å². The lowest BCUT2D eigenvalue weighted by Gasteiger charge is -2.29. The number of carbonyl (C=O) groups excluding carboxylic acids is 1. The summed E-state index contributed by atoms with van der Waals surface area (Å²) >= 11 is 17.3. The van der Waals surface area contributed by atoms with Crippen molar-refractivity contribution in [2.75, 3.05) is 5.43 Å². The van der Waals surface area contributed by atoms with Crippen LogP contribution in [0.2, 0.25) is 15.1 Å². The molecule has 2 aromatic rings. The molecule has 0 saturated heterocycles. The molecular weight excluding hydrogens is 554 g/mol. The summed E-state index contributed by atoms with van der Waals surface area (Å²) in [7, 11) is 0. The quantitative estimate of drug-likeness (QED) is 0.222. The van der Waals surface area contributed by atoms with Gasteiger partial charge in [0.15, 0.2) is 5.82 Å². The summed E-state index contributed by atoms with van der Waals surface area (Å²) in [4.78, 5) is 16.4. The molecule has 0 fully saturated rings. The van der Waals surface area contributed by atoms with Crippen molar-refractivity contribution in [3.8, 4) is 0 Å². The van der Waals surface area contributed by atoms with Crippen molar-refractivity contribution in [2.24, 2.45) is 5.16 Å². The van der Waals surface area contributed by atoms with E-state index in [2.05, 4.69) is 10.6 Å². The van der Waals surface area contributed by atoms with Gasteiger partial charge >= 0.3 is 12.4 Å². The highest BCUT2D eigenvalue weighted by atomic mass is 35.5. The molecule has 0 saturated carbocycles. The lowest BCUT2D eigenvalue weighted by molar-refractivity contribution is -0.275. The van der Waals surface area contributed by atoms with Gasteiger partial charge in [0.1, 0.15) is 0 Å². The average molecular weight is 567 g/mol. The minimum Gasteiger partial charge on any atom is -0.374 e. The predicted molar refractivity (Wildman–Crippen MR) is 115 cm³/mol. The fourth-order valence-corrected chi connectivity index (χ4v) is 3.75. The normalized spacial score (nSPS) is 18.2. The number of oxime groups is 1. The van der Waals surface area contributed by atoms with Crippen LogP contribution in [0.5, 0.6) is 0 Å². The van der Waals surface area contributed by atoms with Gasteiger partial charge in [-0.1, -0.05) is 46.0 Å².